The molecule has 0 aliphatic heterocycles. The van der Waals surface area contributed by atoms with Gasteiger partial charge in [0.15, 0.2) is 6.10 Å². The van der Waals surface area contributed by atoms with E-state index in [0.29, 0.717) is 22.5 Å². The zero-order valence-electron chi connectivity index (χ0n) is 17.5. The number of benzene rings is 2. The minimum atomic E-state index is -1.03. The average molecular weight is 724 g/mol. The van der Waals surface area contributed by atoms with Gasteiger partial charge in [-0.3, -0.25) is 4.79 Å². The SMILES string of the molecule is CC[C@@H](C)c1nc2ccc(Br)cc2c(=O)n1N=Cc1cc(I)c(O[C@H](C)C(=O)O)c(I)c1. The van der Waals surface area contributed by atoms with Gasteiger partial charge in [-0.15, -0.1) is 0 Å². The number of nitrogens with zero attached hydrogens (tertiary/aromatic N) is 3. The fourth-order valence-electron chi connectivity index (χ4n) is 2.90. The van der Waals surface area contributed by atoms with Crippen LogP contribution in [0, 0.1) is 7.14 Å². The number of ether oxygens (including phenoxy) is 1. The maximum Gasteiger partial charge on any atom is 0.344 e. The highest BCUT2D eigenvalue weighted by Gasteiger charge is 2.18. The van der Waals surface area contributed by atoms with E-state index in [0.717, 1.165) is 23.6 Å². The summed E-state index contributed by atoms with van der Waals surface area (Å²) < 4.78 is 9.23. The molecule has 1 aromatic heterocycles. The minimum absolute atomic E-state index is 0.0430. The van der Waals surface area contributed by atoms with Gasteiger partial charge in [-0.2, -0.15) is 9.78 Å². The summed E-state index contributed by atoms with van der Waals surface area (Å²) in [5.74, 6) is 0.118. The molecule has 10 heteroatoms. The molecule has 32 heavy (non-hydrogen) atoms. The van der Waals surface area contributed by atoms with Crippen molar-refractivity contribution in [1.29, 1.82) is 0 Å². The number of hydrogen-bond donors (Lipinski definition) is 1. The van der Waals surface area contributed by atoms with Crippen LogP contribution in [0.1, 0.15) is 44.5 Å². The van der Waals surface area contributed by atoms with Crippen molar-refractivity contribution in [2.45, 2.75) is 39.2 Å². The van der Waals surface area contributed by atoms with E-state index >= 15 is 0 Å². The van der Waals surface area contributed by atoms with E-state index < -0.39 is 12.1 Å². The van der Waals surface area contributed by atoms with Crippen molar-refractivity contribution in [2.24, 2.45) is 5.10 Å². The molecule has 0 radical (unpaired) electrons. The highest BCUT2D eigenvalue weighted by atomic mass is 127. The minimum Gasteiger partial charge on any atom is -0.479 e. The first-order valence-electron chi connectivity index (χ1n) is 9.77. The van der Waals surface area contributed by atoms with Gasteiger partial charge < -0.3 is 9.84 Å². The number of carboxylic acids is 1. The van der Waals surface area contributed by atoms with Crippen molar-refractivity contribution in [3.63, 3.8) is 0 Å². The predicted molar refractivity (Wildman–Crippen MR) is 145 cm³/mol. The first kappa shape index (κ1) is 25.1. The van der Waals surface area contributed by atoms with Crippen molar-refractivity contribution < 1.29 is 14.6 Å². The van der Waals surface area contributed by atoms with Crippen molar-refractivity contribution >= 4 is 84.2 Å². The standard InChI is InChI=1S/C22H20BrI2N3O4/c1-4-11(2)20-27-18-6-5-14(23)9-15(18)21(29)28(20)26-10-13-7-16(24)19(17(25)8-13)32-12(3)22(30)31/h5-12H,4H2,1-3H3,(H,30,31)/t11-,12-/m1/s1. The third-order valence-electron chi connectivity index (χ3n) is 4.87. The lowest BCUT2D eigenvalue weighted by Gasteiger charge is -2.15. The summed E-state index contributed by atoms with van der Waals surface area (Å²) in [5.41, 5.74) is 1.16. The molecule has 0 unspecified atom stereocenters. The van der Waals surface area contributed by atoms with Gasteiger partial charge in [0, 0.05) is 10.4 Å². The fourth-order valence-corrected chi connectivity index (χ4v) is 5.33. The Balaban J connectivity index is 2.07. The maximum absolute atomic E-state index is 13.2. The van der Waals surface area contributed by atoms with Crippen LogP contribution in [-0.2, 0) is 4.79 Å². The number of rotatable bonds is 7. The summed E-state index contributed by atoms with van der Waals surface area (Å²) in [7, 11) is 0. The third kappa shape index (κ3) is 5.50. The van der Waals surface area contributed by atoms with Crippen LogP contribution in [0.25, 0.3) is 10.9 Å². The van der Waals surface area contributed by atoms with Gasteiger partial charge in [-0.05, 0) is 94.4 Å². The second kappa shape index (κ2) is 10.6. The molecule has 0 aliphatic rings. The van der Waals surface area contributed by atoms with E-state index in [9.17, 15) is 9.59 Å². The van der Waals surface area contributed by atoms with Crippen LogP contribution >= 0.6 is 61.1 Å². The van der Waals surface area contributed by atoms with E-state index in [2.05, 4.69) is 66.2 Å². The van der Waals surface area contributed by atoms with Crippen LogP contribution < -0.4 is 10.3 Å². The summed E-state index contributed by atoms with van der Waals surface area (Å²) in [6.45, 7) is 5.54. The molecule has 0 amide bonds. The molecule has 3 rings (SSSR count). The van der Waals surface area contributed by atoms with Crippen molar-refractivity contribution in [2.75, 3.05) is 0 Å². The van der Waals surface area contributed by atoms with Crippen molar-refractivity contribution in [3.8, 4) is 5.75 Å². The molecule has 1 heterocycles. The third-order valence-corrected chi connectivity index (χ3v) is 6.97. The van der Waals surface area contributed by atoms with Gasteiger partial charge in [-0.1, -0.05) is 29.8 Å². The van der Waals surface area contributed by atoms with Gasteiger partial charge in [0.25, 0.3) is 5.56 Å². The first-order valence-corrected chi connectivity index (χ1v) is 12.7. The molecule has 0 fully saturated rings. The van der Waals surface area contributed by atoms with Gasteiger partial charge in [-0.25, -0.2) is 9.78 Å². The van der Waals surface area contributed by atoms with E-state index in [-0.39, 0.29) is 11.5 Å². The lowest BCUT2D eigenvalue weighted by molar-refractivity contribution is -0.144. The largest absolute Gasteiger partial charge is 0.479 e. The number of aliphatic carboxylic acids is 1. The normalized spacial score (nSPS) is 13.4. The lowest BCUT2D eigenvalue weighted by atomic mass is 10.1. The highest BCUT2D eigenvalue weighted by Crippen LogP contribution is 2.29. The van der Waals surface area contributed by atoms with Gasteiger partial charge in [0.05, 0.1) is 24.3 Å². The summed E-state index contributed by atoms with van der Waals surface area (Å²) in [4.78, 5) is 29.1. The van der Waals surface area contributed by atoms with E-state index in [1.165, 1.54) is 11.6 Å². The Morgan fingerprint density at radius 2 is 1.94 bits per heavy atom. The molecule has 2 aromatic carbocycles. The van der Waals surface area contributed by atoms with Crippen molar-refractivity contribution in [1.82, 2.24) is 9.66 Å². The summed E-state index contributed by atoms with van der Waals surface area (Å²) in [6, 6.07) is 9.09. The van der Waals surface area contributed by atoms with Crippen LogP contribution in [0.3, 0.4) is 0 Å². The monoisotopic (exact) mass is 723 g/mol. The Morgan fingerprint density at radius 1 is 1.28 bits per heavy atom. The number of aromatic nitrogens is 2. The van der Waals surface area contributed by atoms with Crippen LogP contribution in [0.15, 0.2) is 44.7 Å². The molecule has 0 aliphatic carbocycles. The van der Waals surface area contributed by atoms with Gasteiger partial charge in [0.1, 0.15) is 11.6 Å². The second-order valence-electron chi connectivity index (χ2n) is 7.21. The Bertz CT molecular complexity index is 1250. The van der Waals surface area contributed by atoms with Crippen LogP contribution in [0.4, 0.5) is 0 Å². The Morgan fingerprint density at radius 3 is 2.53 bits per heavy atom. The Hall–Kier alpha value is -1.54. The van der Waals surface area contributed by atoms with Gasteiger partial charge >= 0.3 is 5.97 Å². The molecule has 2 atom stereocenters. The lowest BCUT2D eigenvalue weighted by Crippen LogP contribution is -2.24. The highest BCUT2D eigenvalue weighted by molar-refractivity contribution is 14.1. The number of hydrogen-bond acceptors (Lipinski definition) is 5. The smallest absolute Gasteiger partial charge is 0.344 e. The predicted octanol–water partition coefficient (Wildman–Crippen LogP) is 5.62. The molecule has 0 saturated heterocycles. The molecule has 7 nitrogen and oxygen atoms in total. The van der Waals surface area contributed by atoms with E-state index in [4.69, 9.17) is 14.8 Å². The molecule has 0 spiro atoms. The van der Waals surface area contributed by atoms with E-state index in [1.807, 2.05) is 38.1 Å². The van der Waals surface area contributed by atoms with Crippen LogP contribution in [0.2, 0.25) is 0 Å². The number of carboxylic acid groups (broad SMARTS) is 1. The Labute approximate surface area is 220 Å². The molecule has 168 valence electrons. The second-order valence-corrected chi connectivity index (χ2v) is 10.5. The van der Waals surface area contributed by atoms with Crippen LogP contribution in [0.5, 0.6) is 5.75 Å². The topological polar surface area (TPSA) is 93.8 Å². The average Bonchev–Trinajstić information content (AvgIpc) is 2.75. The molecule has 0 saturated carbocycles. The molecule has 3 aromatic rings. The summed E-state index contributed by atoms with van der Waals surface area (Å²) in [6.07, 6.45) is 1.46. The fraction of sp³-hybridized carbons (Fsp3) is 0.273. The maximum atomic E-state index is 13.2. The number of halogens is 3. The zero-order valence-corrected chi connectivity index (χ0v) is 23.4. The molecule has 0 bridgehead atoms. The van der Waals surface area contributed by atoms with Gasteiger partial charge in [0.2, 0.25) is 0 Å². The Kier molecular flexibility index (Phi) is 8.31. The molecule has 1 N–H and O–H groups in total. The quantitative estimate of drug-likeness (QED) is 0.253. The molecular weight excluding hydrogens is 704 g/mol. The zero-order chi connectivity index (χ0) is 23.6. The summed E-state index contributed by atoms with van der Waals surface area (Å²) >= 11 is 7.61. The van der Waals surface area contributed by atoms with Crippen molar-refractivity contribution in [3.05, 3.63) is 63.7 Å². The summed E-state index contributed by atoms with van der Waals surface area (Å²) in [5, 5.41) is 14.1. The van der Waals surface area contributed by atoms with E-state index in [1.54, 1.807) is 12.3 Å². The molecular formula is C22H20BrI2N3O4. The van der Waals surface area contributed by atoms with Crippen LogP contribution in [-0.4, -0.2) is 33.1 Å². The first-order chi connectivity index (χ1) is 15.1. The number of carbonyl (C=O) groups is 1. The number of fused-ring (bicyclic) bond motifs is 1.